The zero-order chi connectivity index (χ0) is 16.9. The number of benzene rings is 2. The van der Waals surface area contributed by atoms with Crippen LogP contribution in [-0.2, 0) is 6.42 Å². The Morgan fingerprint density at radius 3 is 2.60 bits per heavy atom. The maximum atomic E-state index is 13.5. The van der Waals surface area contributed by atoms with E-state index in [1.165, 1.54) is 11.6 Å². The molecule has 1 aliphatic carbocycles. The minimum absolute atomic E-state index is 0. The minimum Gasteiger partial charge on any atom is -0.496 e. The van der Waals surface area contributed by atoms with Gasteiger partial charge in [-0.25, -0.2) is 4.39 Å². The molecular formula is C20H25ClFNO2. The van der Waals surface area contributed by atoms with E-state index in [2.05, 4.69) is 11.4 Å². The molecule has 0 aromatic heterocycles. The first-order chi connectivity index (χ1) is 11.7. The molecule has 0 saturated heterocycles. The molecule has 3 nitrogen and oxygen atoms in total. The van der Waals surface area contributed by atoms with Crippen molar-refractivity contribution in [2.24, 2.45) is 5.92 Å². The lowest BCUT2D eigenvalue weighted by molar-refractivity contribution is 0.407. The number of nitrogens with one attached hydrogen (secondary N) is 1. The minimum atomic E-state index is -0.194. The van der Waals surface area contributed by atoms with Crippen molar-refractivity contribution in [3.63, 3.8) is 0 Å². The van der Waals surface area contributed by atoms with Crippen LogP contribution in [0.2, 0.25) is 0 Å². The summed E-state index contributed by atoms with van der Waals surface area (Å²) in [5.41, 5.74) is 2.21. The summed E-state index contributed by atoms with van der Waals surface area (Å²) in [7, 11) is 3.34. The second-order valence-corrected chi connectivity index (χ2v) is 6.25. The highest BCUT2D eigenvalue weighted by Gasteiger charge is 2.39. The van der Waals surface area contributed by atoms with E-state index in [1.54, 1.807) is 26.4 Å². The lowest BCUT2D eigenvalue weighted by atomic mass is 10.1. The molecule has 0 amide bonds. The lowest BCUT2D eigenvalue weighted by Gasteiger charge is -2.10. The van der Waals surface area contributed by atoms with Gasteiger partial charge in [-0.1, -0.05) is 18.2 Å². The summed E-state index contributed by atoms with van der Waals surface area (Å²) >= 11 is 0. The summed E-state index contributed by atoms with van der Waals surface area (Å²) in [6.07, 6.45) is 2.02. The topological polar surface area (TPSA) is 30.5 Å². The van der Waals surface area contributed by atoms with Crippen molar-refractivity contribution in [1.29, 1.82) is 0 Å². The van der Waals surface area contributed by atoms with Crippen LogP contribution in [0.15, 0.2) is 42.5 Å². The molecule has 1 aliphatic rings. The summed E-state index contributed by atoms with van der Waals surface area (Å²) < 4.78 is 24.2. The maximum Gasteiger partial charge on any atom is 0.123 e. The van der Waals surface area contributed by atoms with Crippen molar-refractivity contribution >= 4 is 12.4 Å². The molecule has 0 heterocycles. The molecule has 1 fully saturated rings. The Bertz CT molecular complexity index is 695. The number of para-hydroxylation sites is 1. The van der Waals surface area contributed by atoms with Gasteiger partial charge >= 0.3 is 0 Å². The highest BCUT2D eigenvalue weighted by molar-refractivity contribution is 5.85. The number of ether oxygens (including phenoxy) is 2. The number of hydrogen-bond donors (Lipinski definition) is 1. The van der Waals surface area contributed by atoms with Crippen LogP contribution in [0, 0.1) is 11.7 Å². The molecule has 0 aliphatic heterocycles. The van der Waals surface area contributed by atoms with Gasteiger partial charge in [0.05, 0.1) is 14.2 Å². The Labute approximate surface area is 154 Å². The molecule has 0 bridgehead atoms. The Morgan fingerprint density at radius 1 is 1.08 bits per heavy atom. The van der Waals surface area contributed by atoms with Crippen molar-refractivity contribution in [2.45, 2.75) is 18.8 Å². The zero-order valence-electron chi connectivity index (χ0n) is 14.6. The first kappa shape index (κ1) is 19.5. The molecule has 3 rings (SSSR count). The normalized spacial score (nSPS) is 18.4. The summed E-state index contributed by atoms with van der Waals surface area (Å²) in [5, 5.41) is 3.51. The molecule has 136 valence electrons. The molecule has 2 aromatic rings. The van der Waals surface area contributed by atoms with Crippen LogP contribution in [-0.4, -0.2) is 27.3 Å². The molecular weight excluding hydrogens is 341 g/mol. The number of methoxy groups -OCH3 is 2. The zero-order valence-corrected chi connectivity index (χ0v) is 15.4. The van der Waals surface area contributed by atoms with Gasteiger partial charge < -0.3 is 14.8 Å². The predicted octanol–water partition coefficient (Wildman–Crippen LogP) is 4.20. The molecule has 0 spiro atoms. The first-order valence-electron chi connectivity index (χ1n) is 8.39. The van der Waals surface area contributed by atoms with Gasteiger partial charge in [0.2, 0.25) is 0 Å². The van der Waals surface area contributed by atoms with Gasteiger partial charge in [-0.3, -0.25) is 0 Å². The van der Waals surface area contributed by atoms with Gasteiger partial charge in [0.1, 0.15) is 17.3 Å². The van der Waals surface area contributed by atoms with Gasteiger partial charge in [0, 0.05) is 5.56 Å². The van der Waals surface area contributed by atoms with Crippen LogP contribution in [0.1, 0.15) is 23.5 Å². The SMILES string of the molecule is COc1ccccc1CCNCC1CC1c1cc(F)ccc1OC.Cl. The van der Waals surface area contributed by atoms with Crippen LogP contribution in [0.25, 0.3) is 0 Å². The van der Waals surface area contributed by atoms with Crippen LogP contribution >= 0.6 is 12.4 Å². The smallest absolute Gasteiger partial charge is 0.123 e. The van der Waals surface area contributed by atoms with Gasteiger partial charge in [0.15, 0.2) is 0 Å². The third-order valence-corrected chi connectivity index (χ3v) is 4.68. The maximum absolute atomic E-state index is 13.5. The van der Waals surface area contributed by atoms with E-state index in [0.29, 0.717) is 11.8 Å². The Balaban J connectivity index is 0.00000225. The van der Waals surface area contributed by atoms with Crippen molar-refractivity contribution in [1.82, 2.24) is 5.32 Å². The monoisotopic (exact) mass is 365 g/mol. The first-order valence-corrected chi connectivity index (χ1v) is 8.39. The molecule has 5 heteroatoms. The van der Waals surface area contributed by atoms with E-state index in [9.17, 15) is 4.39 Å². The van der Waals surface area contributed by atoms with E-state index in [1.807, 2.05) is 18.2 Å². The summed E-state index contributed by atoms with van der Waals surface area (Å²) in [6, 6.07) is 12.9. The molecule has 2 unspecified atom stereocenters. The fourth-order valence-corrected chi connectivity index (χ4v) is 3.27. The molecule has 2 aromatic carbocycles. The van der Waals surface area contributed by atoms with E-state index in [-0.39, 0.29) is 18.2 Å². The van der Waals surface area contributed by atoms with Crippen molar-refractivity contribution in [2.75, 3.05) is 27.3 Å². The van der Waals surface area contributed by atoms with Crippen LogP contribution in [0.5, 0.6) is 11.5 Å². The number of halogens is 2. The van der Waals surface area contributed by atoms with Crippen molar-refractivity contribution in [3.05, 3.63) is 59.4 Å². The third-order valence-electron chi connectivity index (χ3n) is 4.68. The van der Waals surface area contributed by atoms with E-state index < -0.39 is 0 Å². The lowest BCUT2D eigenvalue weighted by Crippen LogP contribution is -2.20. The number of hydrogen-bond acceptors (Lipinski definition) is 3. The molecule has 1 N–H and O–H groups in total. The van der Waals surface area contributed by atoms with Gasteiger partial charge in [-0.15, -0.1) is 12.4 Å². The Hall–Kier alpha value is -1.78. The van der Waals surface area contributed by atoms with E-state index >= 15 is 0 Å². The molecule has 1 saturated carbocycles. The average Bonchev–Trinajstić information content (AvgIpc) is 3.38. The highest BCUT2D eigenvalue weighted by Crippen LogP contribution is 2.50. The largest absolute Gasteiger partial charge is 0.496 e. The summed E-state index contributed by atoms with van der Waals surface area (Å²) in [6.45, 7) is 1.85. The van der Waals surface area contributed by atoms with Gasteiger partial charge in [0.25, 0.3) is 0 Å². The van der Waals surface area contributed by atoms with Gasteiger partial charge in [-0.05, 0) is 67.6 Å². The fraction of sp³-hybridized carbons (Fsp3) is 0.400. The predicted molar refractivity (Wildman–Crippen MR) is 101 cm³/mol. The van der Waals surface area contributed by atoms with Crippen molar-refractivity contribution in [3.8, 4) is 11.5 Å². The van der Waals surface area contributed by atoms with Crippen molar-refractivity contribution < 1.29 is 13.9 Å². The summed E-state index contributed by atoms with van der Waals surface area (Å²) in [4.78, 5) is 0. The van der Waals surface area contributed by atoms with Crippen LogP contribution in [0.4, 0.5) is 4.39 Å². The highest BCUT2D eigenvalue weighted by atomic mass is 35.5. The average molecular weight is 366 g/mol. The van der Waals surface area contributed by atoms with Crippen LogP contribution in [0.3, 0.4) is 0 Å². The molecule has 2 atom stereocenters. The quantitative estimate of drug-likeness (QED) is 0.711. The Kier molecular flexibility index (Phi) is 7.09. The second kappa shape index (κ2) is 9.07. The van der Waals surface area contributed by atoms with E-state index in [0.717, 1.165) is 43.0 Å². The van der Waals surface area contributed by atoms with Crippen LogP contribution < -0.4 is 14.8 Å². The molecule has 25 heavy (non-hydrogen) atoms. The fourth-order valence-electron chi connectivity index (χ4n) is 3.27. The van der Waals surface area contributed by atoms with Gasteiger partial charge in [-0.2, -0.15) is 0 Å². The Morgan fingerprint density at radius 2 is 1.84 bits per heavy atom. The second-order valence-electron chi connectivity index (χ2n) is 6.25. The third kappa shape index (κ3) is 4.86. The summed E-state index contributed by atoms with van der Waals surface area (Å²) in [5.74, 6) is 2.49. The standard InChI is InChI=1S/C20H24FNO2.ClH/c1-23-19-6-4-3-5-14(19)9-10-22-13-15-11-17(15)18-12-16(21)7-8-20(18)24-2;/h3-8,12,15,17,22H,9-11,13H2,1-2H3;1H. The number of rotatable bonds is 8. The molecule has 0 radical (unpaired) electrons. The van der Waals surface area contributed by atoms with E-state index in [4.69, 9.17) is 9.47 Å².